The van der Waals surface area contributed by atoms with Crippen molar-refractivity contribution in [1.82, 2.24) is 4.98 Å². The molecule has 2 aromatic rings. The second-order valence-corrected chi connectivity index (χ2v) is 5.30. The van der Waals surface area contributed by atoms with Gasteiger partial charge in [0.1, 0.15) is 5.75 Å². The molecule has 4 nitrogen and oxygen atoms in total. The van der Waals surface area contributed by atoms with Crippen molar-refractivity contribution in [3.8, 4) is 5.75 Å². The molecule has 0 saturated heterocycles. The lowest BCUT2D eigenvalue weighted by Gasteiger charge is -2.10. The lowest BCUT2D eigenvalue weighted by Crippen LogP contribution is -2.12. The first-order valence-electron chi connectivity index (χ1n) is 7.30. The fraction of sp³-hybridized carbons (Fsp3) is 0.294. The van der Waals surface area contributed by atoms with Gasteiger partial charge in [-0.3, -0.25) is 9.78 Å². The van der Waals surface area contributed by atoms with Gasteiger partial charge < -0.3 is 10.1 Å². The van der Waals surface area contributed by atoms with E-state index in [0.29, 0.717) is 35.9 Å². The average molecular weight is 319 g/mol. The van der Waals surface area contributed by atoms with Gasteiger partial charge in [-0.2, -0.15) is 0 Å². The standard InChI is InChI=1S/C17H19ClN2O2/c1-2-11-22-16-5-4-14(12-15(16)18)20-17(21)6-3-13-7-9-19-10-8-13/h4-5,7-10,12H,2-3,6,11H2,1H3,(H,20,21). The van der Waals surface area contributed by atoms with E-state index in [1.54, 1.807) is 30.6 Å². The molecular formula is C17H19ClN2O2. The number of hydrogen-bond acceptors (Lipinski definition) is 3. The van der Waals surface area contributed by atoms with Crippen molar-refractivity contribution in [3.05, 3.63) is 53.3 Å². The van der Waals surface area contributed by atoms with Crippen LogP contribution in [-0.2, 0) is 11.2 Å². The van der Waals surface area contributed by atoms with Crippen LogP contribution in [0.5, 0.6) is 5.75 Å². The number of nitrogens with zero attached hydrogens (tertiary/aromatic N) is 1. The highest BCUT2D eigenvalue weighted by molar-refractivity contribution is 6.32. The van der Waals surface area contributed by atoms with Crippen LogP contribution in [0.2, 0.25) is 5.02 Å². The maximum Gasteiger partial charge on any atom is 0.224 e. The Morgan fingerprint density at radius 1 is 1.27 bits per heavy atom. The first kappa shape index (κ1) is 16.3. The highest BCUT2D eigenvalue weighted by Gasteiger charge is 2.06. The average Bonchev–Trinajstić information content (AvgIpc) is 2.53. The van der Waals surface area contributed by atoms with Gasteiger partial charge in [0.05, 0.1) is 11.6 Å². The van der Waals surface area contributed by atoms with Crippen LogP contribution < -0.4 is 10.1 Å². The molecule has 1 aromatic heterocycles. The summed E-state index contributed by atoms with van der Waals surface area (Å²) < 4.78 is 5.50. The van der Waals surface area contributed by atoms with Crippen LogP contribution in [0.15, 0.2) is 42.7 Å². The van der Waals surface area contributed by atoms with E-state index in [-0.39, 0.29) is 5.91 Å². The van der Waals surface area contributed by atoms with E-state index < -0.39 is 0 Å². The highest BCUT2D eigenvalue weighted by atomic mass is 35.5. The molecule has 0 bridgehead atoms. The zero-order chi connectivity index (χ0) is 15.8. The van der Waals surface area contributed by atoms with E-state index in [2.05, 4.69) is 10.3 Å². The molecule has 1 N–H and O–H groups in total. The minimum atomic E-state index is -0.0462. The van der Waals surface area contributed by atoms with E-state index >= 15 is 0 Å². The lowest BCUT2D eigenvalue weighted by molar-refractivity contribution is -0.116. The Morgan fingerprint density at radius 2 is 2.05 bits per heavy atom. The predicted molar refractivity (Wildman–Crippen MR) is 88.4 cm³/mol. The number of halogens is 1. The molecule has 0 saturated carbocycles. The number of anilines is 1. The summed E-state index contributed by atoms with van der Waals surface area (Å²) in [5, 5.41) is 3.34. The predicted octanol–water partition coefficient (Wildman–Crippen LogP) is 4.10. The molecule has 2 rings (SSSR count). The van der Waals surface area contributed by atoms with Gasteiger partial charge >= 0.3 is 0 Å². The number of benzene rings is 1. The third-order valence-electron chi connectivity index (χ3n) is 3.07. The van der Waals surface area contributed by atoms with Crippen molar-refractivity contribution in [2.45, 2.75) is 26.2 Å². The van der Waals surface area contributed by atoms with Crippen LogP contribution in [0.3, 0.4) is 0 Å². The summed E-state index contributed by atoms with van der Waals surface area (Å²) in [5.74, 6) is 0.591. The second-order valence-electron chi connectivity index (χ2n) is 4.90. The summed E-state index contributed by atoms with van der Waals surface area (Å²) >= 11 is 6.14. The largest absolute Gasteiger partial charge is 0.492 e. The van der Waals surface area contributed by atoms with Crippen LogP contribution in [0.25, 0.3) is 0 Å². The first-order chi connectivity index (χ1) is 10.7. The van der Waals surface area contributed by atoms with Crippen LogP contribution in [0, 0.1) is 0 Å². The minimum absolute atomic E-state index is 0.0462. The van der Waals surface area contributed by atoms with E-state index in [9.17, 15) is 4.79 Å². The Hall–Kier alpha value is -2.07. The molecule has 1 amide bonds. The number of ether oxygens (including phenoxy) is 1. The van der Waals surface area contributed by atoms with Gasteiger partial charge in [0.25, 0.3) is 0 Å². The van der Waals surface area contributed by atoms with Crippen LogP contribution in [0.4, 0.5) is 5.69 Å². The molecular weight excluding hydrogens is 300 g/mol. The summed E-state index contributed by atoms with van der Waals surface area (Å²) in [6.45, 7) is 2.66. The summed E-state index contributed by atoms with van der Waals surface area (Å²) in [5.41, 5.74) is 1.76. The maximum absolute atomic E-state index is 12.0. The molecule has 0 atom stereocenters. The minimum Gasteiger partial charge on any atom is -0.492 e. The third kappa shape index (κ3) is 5.04. The summed E-state index contributed by atoms with van der Waals surface area (Å²) in [7, 11) is 0. The molecule has 0 unspecified atom stereocenters. The van der Waals surface area contributed by atoms with E-state index in [4.69, 9.17) is 16.3 Å². The molecule has 1 heterocycles. The monoisotopic (exact) mass is 318 g/mol. The Kier molecular flexibility index (Phi) is 6.22. The number of aryl methyl sites for hydroxylation is 1. The van der Waals surface area contributed by atoms with Crippen molar-refractivity contribution in [1.29, 1.82) is 0 Å². The molecule has 22 heavy (non-hydrogen) atoms. The maximum atomic E-state index is 12.0. The molecule has 5 heteroatoms. The van der Waals surface area contributed by atoms with Gasteiger partial charge in [0.2, 0.25) is 5.91 Å². The molecule has 0 radical (unpaired) electrons. The number of amides is 1. The number of carbonyl (C=O) groups excluding carboxylic acids is 1. The van der Waals surface area contributed by atoms with Crippen molar-refractivity contribution in [2.75, 3.05) is 11.9 Å². The Balaban J connectivity index is 1.87. The zero-order valence-electron chi connectivity index (χ0n) is 12.5. The van der Waals surface area contributed by atoms with Crippen molar-refractivity contribution in [3.63, 3.8) is 0 Å². The van der Waals surface area contributed by atoms with E-state index in [1.165, 1.54) is 0 Å². The van der Waals surface area contributed by atoms with Crippen molar-refractivity contribution >= 4 is 23.2 Å². The SMILES string of the molecule is CCCOc1ccc(NC(=O)CCc2ccncc2)cc1Cl. The zero-order valence-corrected chi connectivity index (χ0v) is 13.3. The van der Waals surface area contributed by atoms with Crippen LogP contribution >= 0.6 is 11.6 Å². The molecule has 0 aliphatic heterocycles. The van der Waals surface area contributed by atoms with Gasteiger partial charge in [-0.05, 0) is 48.7 Å². The highest BCUT2D eigenvalue weighted by Crippen LogP contribution is 2.27. The fourth-order valence-electron chi connectivity index (χ4n) is 1.94. The van der Waals surface area contributed by atoms with Crippen LogP contribution in [0.1, 0.15) is 25.3 Å². The number of nitrogens with one attached hydrogen (secondary N) is 1. The Labute approximate surface area is 135 Å². The molecule has 116 valence electrons. The normalized spacial score (nSPS) is 10.3. The molecule has 0 fully saturated rings. The van der Waals surface area contributed by atoms with Crippen LogP contribution in [-0.4, -0.2) is 17.5 Å². The fourth-order valence-corrected chi connectivity index (χ4v) is 2.17. The summed E-state index contributed by atoms with van der Waals surface area (Å²) in [6.07, 6.45) is 5.46. The Morgan fingerprint density at radius 3 is 2.73 bits per heavy atom. The quantitative estimate of drug-likeness (QED) is 0.836. The smallest absolute Gasteiger partial charge is 0.224 e. The molecule has 0 aliphatic carbocycles. The third-order valence-corrected chi connectivity index (χ3v) is 3.36. The van der Waals surface area contributed by atoms with Gasteiger partial charge in [-0.25, -0.2) is 0 Å². The van der Waals surface area contributed by atoms with Crippen molar-refractivity contribution < 1.29 is 9.53 Å². The number of hydrogen-bond donors (Lipinski definition) is 1. The van der Waals surface area contributed by atoms with Crippen molar-refractivity contribution in [2.24, 2.45) is 0 Å². The Bertz CT molecular complexity index is 617. The van der Waals surface area contributed by atoms with Gasteiger partial charge in [0, 0.05) is 24.5 Å². The molecule has 0 aliphatic rings. The second kappa shape index (κ2) is 8.39. The molecule has 1 aromatic carbocycles. The lowest BCUT2D eigenvalue weighted by atomic mass is 10.1. The molecule has 0 spiro atoms. The van der Waals surface area contributed by atoms with Gasteiger partial charge in [-0.1, -0.05) is 18.5 Å². The number of carbonyl (C=O) groups is 1. The van der Waals surface area contributed by atoms with E-state index in [0.717, 1.165) is 12.0 Å². The van der Waals surface area contributed by atoms with Gasteiger partial charge in [-0.15, -0.1) is 0 Å². The van der Waals surface area contributed by atoms with Gasteiger partial charge in [0.15, 0.2) is 0 Å². The summed E-state index contributed by atoms with van der Waals surface area (Å²) in [4.78, 5) is 15.9. The number of pyridine rings is 1. The van der Waals surface area contributed by atoms with E-state index in [1.807, 2.05) is 19.1 Å². The number of aromatic nitrogens is 1. The first-order valence-corrected chi connectivity index (χ1v) is 7.68. The topological polar surface area (TPSA) is 51.2 Å². The number of rotatable bonds is 7. The summed E-state index contributed by atoms with van der Waals surface area (Å²) in [6, 6.07) is 9.09.